The van der Waals surface area contributed by atoms with Gasteiger partial charge in [-0.15, -0.1) is 0 Å². The average molecular weight is 154 g/mol. The number of hydrogen-bond acceptors (Lipinski definition) is 2. The summed E-state index contributed by atoms with van der Waals surface area (Å²) in [6.07, 6.45) is 0.660. The molecule has 2 saturated carbocycles. The quantitative estimate of drug-likeness (QED) is 0.564. The molecule has 0 spiro atoms. The van der Waals surface area contributed by atoms with Crippen molar-refractivity contribution in [3.8, 4) is 0 Å². The number of Topliss-reactive ketones (excluding diaryl/α,β-unsaturated/α-hetero) is 1. The molecule has 62 valence electrons. The average Bonchev–Trinajstić information content (AvgIpc) is 2.39. The topological polar surface area (TPSA) is 37.3 Å². The van der Waals surface area contributed by atoms with Crippen LogP contribution in [0.5, 0.6) is 0 Å². The van der Waals surface area contributed by atoms with E-state index in [1.54, 1.807) is 0 Å². The summed E-state index contributed by atoms with van der Waals surface area (Å²) in [5.74, 6) is 1.23. The first kappa shape index (κ1) is 7.29. The highest BCUT2D eigenvalue weighted by molar-refractivity contribution is 5.84. The van der Waals surface area contributed by atoms with Gasteiger partial charge in [-0.3, -0.25) is 4.79 Å². The van der Waals surface area contributed by atoms with E-state index in [1.807, 2.05) is 0 Å². The van der Waals surface area contributed by atoms with Crippen LogP contribution < -0.4 is 0 Å². The third-order valence-corrected chi connectivity index (χ3v) is 3.56. The van der Waals surface area contributed by atoms with Crippen molar-refractivity contribution in [3.05, 3.63) is 0 Å². The molecule has 0 aromatic carbocycles. The number of rotatable bonds is 0. The number of aliphatic hydroxyl groups excluding tert-OH is 1. The van der Waals surface area contributed by atoms with Gasteiger partial charge in [-0.05, 0) is 23.7 Å². The van der Waals surface area contributed by atoms with Gasteiger partial charge >= 0.3 is 0 Å². The molecule has 11 heavy (non-hydrogen) atoms. The minimum absolute atomic E-state index is 0.0526. The van der Waals surface area contributed by atoms with Crippen LogP contribution in [0, 0.1) is 17.3 Å². The first-order valence-electron chi connectivity index (χ1n) is 4.24. The van der Waals surface area contributed by atoms with Gasteiger partial charge in [0.05, 0.1) is 0 Å². The fraction of sp³-hybridized carbons (Fsp3) is 0.889. The lowest BCUT2D eigenvalue weighted by Gasteiger charge is -2.13. The van der Waals surface area contributed by atoms with Crippen LogP contribution in [0.15, 0.2) is 0 Å². The van der Waals surface area contributed by atoms with Gasteiger partial charge < -0.3 is 5.11 Å². The van der Waals surface area contributed by atoms with Crippen molar-refractivity contribution < 1.29 is 9.90 Å². The number of carbonyl (C=O) groups is 1. The van der Waals surface area contributed by atoms with Crippen molar-refractivity contribution in [1.82, 2.24) is 0 Å². The molecule has 0 aromatic rings. The van der Waals surface area contributed by atoms with E-state index in [0.717, 1.165) is 0 Å². The Balaban J connectivity index is 2.12. The van der Waals surface area contributed by atoms with Gasteiger partial charge in [0.1, 0.15) is 6.10 Å². The van der Waals surface area contributed by atoms with Gasteiger partial charge in [0, 0.05) is 6.42 Å². The molecule has 0 saturated heterocycles. The van der Waals surface area contributed by atoms with Crippen molar-refractivity contribution >= 4 is 5.78 Å². The van der Waals surface area contributed by atoms with Crippen LogP contribution in [0.4, 0.5) is 0 Å². The Bertz CT molecular complexity index is 208. The van der Waals surface area contributed by atoms with Crippen LogP contribution in [0.25, 0.3) is 0 Å². The summed E-state index contributed by atoms with van der Waals surface area (Å²) in [7, 11) is 0. The standard InChI is InChI=1S/C9H14O2/c1-9(2)5-3-7(10)8(11)4-6(5)9/h5-7,10H,3-4H2,1-2H3. The summed E-state index contributed by atoms with van der Waals surface area (Å²) in [6.45, 7) is 4.38. The van der Waals surface area contributed by atoms with E-state index < -0.39 is 6.10 Å². The summed E-state index contributed by atoms with van der Waals surface area (Å²) in [5, 5.41) is 9.26. The fourth-order valence-electron chi connectivity index (χ4n) is 2.46. The van der Waals surface area contributed by atoms with E-state index in [1.165, 1.54) is 0 Å². The van der Waals surface area contributed by atoms with Crippen molar-refractivity contribution in [3.63, 3.8) is 0 Å². The lowest BCUT2D eigenvalue weighted by atomic mass is 9.97. The van der Waals surface area contributed by atoms with Crippen LogP contribution in [-0.4, -0.2) is 17.0 Å². The molecule has 2 fully saturated rings. The molecule has 2 heteroatoms. The largest absolute Gasteiger partial charge is 0.385 e. The number of ketones is 1. The highest BCUT2D eigenvalue weighted by Gasteiger charge is 2.61. The van der Waals surface area contributed by atoms with E-state index in [0.29, 0.717) is 30.1 Å². The van der Waals surface area contributed by atoms with Crippen LogP contribution in [0.1, 0.15) is 26.7 Å². The number of carbonyl (C=O) groups excluding carboxylic acids is 1. The van der Waals surface area contributed by atoms with Gasteiger partial charge in [0.15, 0.2) is 5.78 Å². The van der Waals surface area contributed by atoms with Gasteiger partial charge in [-0.25, -0.2) is 0 Å². The second-order valence-corrected chi connectivity index (χ2v) is 4.46. The van der Waals surface area contributed by atoms with E-state index in [4.69, 9.17) is 0 Å². The summed E-state index contributed by atoms with van der Waals surface area (Å²) < 4.78 is 0. The molecule has 3 unspecified atom stereocenters. The van der Waals surface area contributed by atoms with Crippen LogP contribution in [-0.2, 0) is 4.79 Å². The third kappa shape index (κ3) is 0.853. The Labute approximate surface area is 66.6 Å². The third-order valence-electron chi connectivity index (χ3n) is 3.56. The molecular formula is C9H14O2. The smallest absolute Gasteiger partial charge is 0.161 e. The van der Waals surface area contributed by atoms with Crippen LogP contribution in [0.2, 0.25) is 0 Å². The maximum absolute atomic E-state index is 11.1. The van der Waals surface area contributed by atoms with Crippen LogP contribution in [0.3, 0.4) is 0 Å². The van der Waals surface area contributed by atoms with Crippen molar-refractivity contribution in [2.24, 2.45) is 17.3 Å². The first-order valence-corrected chi connectivity index (χ1v) is 4.24. The zero-order valence-corrected chi connectivity index (χ0v) is 7.00. The summed E-state index contributed by atoms with van der Waals surface area (Å²) in [6, 6.07) is 0. The number of fused-ring (bicyclic) bond motifs is 1. The molecule has 0 heterocycles. The molecule has 2 rings (SSSR count). The highest BCUT2D eigenvalue weighted by atomic mass is 16.3. The molecule has 0 bridgehead atoms. The minimum atomic E-state index is -0.655. The molecule has 2 aliphatic carbocycles. The predicted octanol–water partition coefficient (Wildman–Crippen LogP) is 0.982. The van der Waals surface area contributed by atoms with E-state index >= 15 is 0 Å². The summed E-state index contributed by atoms with van der Waals surface area (Å²) in [5.41, 5.74) is 0.327. The second-order valence-electron chi connectivity index (χ2n) is 4.46. The Morgan fingerprint density at radius 3 is 2.64 bits per heavy atom. The molecule has 0 radical (unpaired) electrons. The second kappa shape index (κ2) is 1.86. The monoisotopic (exact) mass is 154 g/mol. The molecule has 0 aromatic heterocycles. The minimum Gasteiger partial charge on any atom is -0.385 e. The van der Waals surface area contributed by atoms with Crippen molar-refractivity contribution in [2.75, 3.05) is 0 Å². The van der Waals surface area contributed by atoms with E-state index in [9.17, 15) is 9.90 Å². The number of aliphatic hydroxyl groups is 1. The summed E-state index contributed by atoms with van der Waals surface area (Å²) >= 11 is 0. The SMILES string of the molecule is CC1(C)C2CC(=O)C(O)CC21. The Morgan fingerprint density at radius 1 is 1.45 bits per heavy atom. The highest BCUT2D eigenvalue weighted by Crippen LogP contribution is 2.64. The lowest BCUT2D eigenvalue weighted by Crippen LogP contribution is -2.25. The molecule has 2 aliphatic rings. The predicted molar refractivity (Wildman–Crippen MR) is 41.0 cm³/mol. The molecule has 3 atom stereocenters. The van der Waals surface area contributed by atoms with Gasteiger partial charge in [0.25, 0.3) is 0 Å². The van der Waals surface area contributed by atoms with Gasteiger partial charge in [0.2, 0.25) is 0 Å². The van der Waals surface area contributed by atoms with Crippen LogP contribution >= 0.6 is 0 Å². The Morgan fingerprint density at radius 2 is 2.09 bits per heavy atom. The number of hydrogen-bond donors (Lipinski definition) is 1. The zero-order chi connectivity index (χ0) is 8.22. The molecular weight excluding hydrogens is 140 g/mol. The zero-order valence-electron chi connectivity index (χ0n) is 7.00. The van der Waals surface area contributed by atoms with Gasteiger partial charge in [-0.2, -0.15) is 0 Å². The Kier molecular flexibility index (Phi) is 1.23. The summed E-state index contributed by atoms with van der Waals surface area (Å²) in [4.78, 5) is 11.1. The van der Waals surface area contributed by atoms with E-state index in [-0.39, 0.29) is 5.78 Å². The molecule has 0 amide bonds. The normalized spacial score (nSPS) is 46.8. The fourth-order valence-corrected chi connectivity index (χ4v) is 2.46. The van der Waals surface area contributed by atoms with Crippen molar-refractivity contribution in [2.45, 2.75) is 32.8 Å². The van der Waals surface area contributed by atoms with Crippen molar-refractivity contribution in [1.29, 1.82) is 0 Å². The molecule has 1 N–H and O–H groups in total. The molecule has 2 nitrogen and oxygen atoms in total. The lowest BCUT2D eigenvalue weighted by molar-refractivity contribution is -0.129. The molecule has 0 aliphatic heterocycles. The Hall–Kier alpha value is -0.370. The maximum atomic E-state index is 11.1. The maximum Gasteiger partial charge on any atom is 0.161 e. The first-order chi connectivity index (χ1) is 5.03. The van der Waals surface area contributed by atoms with E-state index in [2.05, 4.69) is 13.8 Å². The van der Waals surface area contributed by atoms with Gasteiger partial charge in [-0.1, -0.05) is 13.8 Å².